The minimum Gasteiger partial charge on any atom is -0.0883 e. The Labute approximate surface area is 287 Å². The number of hydrogen-bond donors (Lipinski definition) is 0. The van der Waals surface area contributed by atoms with E-state index in [1.54, 1.807) is 0 Å². The summed E-state index contributed by atoms with van der Waals surface area (Å²) in [5, 5.41) is 0. The number of hydrogen-bond acceptors (Lipinski definition) is 0. The van der Waals surface area contributed by atoms with Gasteiger partial charge in [0.1, 0.15) is 7.85 Å². The molecule has 44 heavy (non-hydrogen) atoms. The zero-order valence-electron chi connectivity index (χ0n) is 24.6. The molecule has 0 heterocycles. The van der Waals surface area contributed by atoms with Crippen molar-refractivity contribution >= 4 is 97.6 Å². The van der Waals surface area contributed by atoms with E-state index in [2.05, 4.69) is 181 Å². The largest absolute Gasteiger partial charge is 0.114 e. The summed E-state index contributed by atoms with van der Waals surface area (Å²) < 4.78 is 2.95. The molecule has 0 atom stereocenters. The van der Waals surface area contributed by atoms with Crippen LogP contribution in [0.15, 0.2) is 123 Å². The lowest BCUT2D eigenvalue weighted by Gasteiger charge is -2.17. The predicted octanol–water partition coefficient (Wildman–Crippen LogP) is 12.5. The van der Waals surface area contributed by atoms with E-state index in [-0.39, 0.29) is 0 Å². The number of rotatable bonds is 8. The molecule has 5 aromatic rings. The molecular formula is C40H30BBr3. The summed E-state index contributed by atoms with van der Waals surface area (Å²) in [4.78, 5) is 0. The molecule has 5 aromatic carbocycles. The average Bonchev–Trinajstić information content (AvgIpc) is 3.03. The molecule has 0 amide bonds. The molecule has 0 fully saturated rings. The Morgan fingerprint density at radius 2 is 0.818 bits per heavy atom. The summed E-state index contributed by atoms with van der Waals surface area (Å²) in [5.74, 6) is 0. The molecule has 0 unspecified atom stereocenters. The van der Waals surface area contributed by atoms with Crippen molar-refractivity contribution in [3.63, 3.8) is 0 Å². The first-order valence-corrected chi connectivity index (χ1v) is 16.7. The highest BCUT2D eigenvalue weighted by Crippen LogP contribution is 2.39. The monoisotopic (exact) mass is 758 g/mol. The summed E-state index contributed by atoms with van der Waals surface area (Å²) in [5.41, 5.74) is 11.6. The summed E-state index contributed by atoms with van der Waals surface area (Å²) in [7, 11) is 6.80. The topological polar surface area (TPSA) is 0 Å². The molecule has 0 aliphatic rings. The third kappa shape index (κ3) is 7.61. The van der Waals surface area contributed by atoms with E-state index in [9.17, 15) is 0 Å². The Bertz CT molecular complexity index is 1900. The fourth-order valence-corrected chi connectivity index (χ4v) is 6.80. The van der Waals surface area contributed by atoms with Gasteiger partial charge < -0.3 is 0 Å². The van der Waals surface area contributed by atoms with Crippen LogP contribution in [0.5, 0.6) is 0 Å². The Morgan fingerprint density at radius 3 is 1.32 bits per heavy atom. The molecule has 0 saturated heterocycles. The van der Waals surface area contributed by atoms with Crippen molar-refractivity contribution in [2.45, 2.75) is 13.8 Å². The lowest BCUT2D eigenvalue weighted by molar-refractivity contribution is 1.51. The quantitative estimate of drug-likeness (QED) is 0.109. The molecule has 2 radical (unpaired) electrons. The third-order valence-electron chi connectivity index (χ3n) is 7.27. The second kappa shape index (κ2) is 15.0. The van der Waals surface area contributed by atoms with E-state index in [4.69, 9.17) is 7.85 Å². The molecule has 0 spiro atoms. The van der Waals surface area contributed by atoms with Crippen molar-refractivity contribution in [1.82, 2.24) is 0 Å². The van der Waals surface area contributed by atoms with E-state index in [1.165, 1.54) is 0 Å². The minimum atomic E-state index is 0.704. The molecule has 0 saturated carbocycles. The van der Waals surface area contributed by atoms with Crippen LogP contribution in [0.25, 0.3) is 58.7 Å². The van der Waals surface area contributed by atoms with Gasteiger partial charge in [-0.2, -0.15) is 0 Å². The molecule has 0 bridgehead atoms. The summed E-state index contributed by atoms with van der Waals surface area (Å²) in [6.45, 7) is 4.06. The first-order chi connectivity index (χ1) is 21.4. The van der Waals surface area contributed by atoms with Crippen LogP contribution in [-0.4, -0.2) is 7.85 Å². The van der Waals surface area contributed by atoms with Gasteiger partial charge in [-0.3, -0.25) is 0 Å². The molecular weight excluding hydrogens is 731 g/mol. The molecule has 0 nitrogen and oxygen atoms in total. The highest BCUT2D eigenvalue weighted by molar-refractivity contribution is 9.11. The summed E-state index contributed by atoms with van der Waals surface area (Å²) >= 11 is 11.6. The fourth-order valence-electron chi connectivity index (χ4n) is 5.09. The summed E-state index contributed by atoms with van der Waals surface area (Å²) in [6.07, 6.45) is 17.0. The van der Waals surface area contributed by atoms with Crippen molar-refractivity contribution in [2.75, 3.05) is 0 Å². The molecule has 0 aromatic heterocycles. The van der Waals surface area contributed by atoms with Gasteiger partial charge in [0, 0.05) is 13.4 Å². The maximum absolute atomic E-state index is 6.80. The molecule has 5 rings (SSSR count). The van der Waals surface area contributed by atoms with Crippen LogP contribution < -0.4 is 5.46 Å². The fraction of sp³-hybridized carbons (Fsp3) is 0.0500. The van der Waals surface area contributed by atoms with E-state index in [1.807, 2.05) is 26.0 Å². The molecule has 4 heteroatoms. The van der Waals surface area contributed by atoms with Crippen LogP contribution >= 0.6 is 47.8 Å². The number of halogens is 3. The van der Waals surface area contributed by atoms with Crippen molar-refractivity contribution in [2.24, 2.45) is 0 Å². The Kier molecular flexibility index (Phi) is 10.9. The van der Waals surface area contributed by atoms with Crippen molar-refractivity contribution in [3.8, 4) is 22.3 Å². The smallest absolute Gasteiger partial charge is 0.0883 e. The predicted molar refractivity (Wildman–Crippen MR) is 206 cm³/mol. The van der Waals surface area contributed by atoms with E-state index < -0.39 is 0 Å². The maximum Gasteiger partial charge on any atom is 0.114 e. The van der Waals surface area contributed by atoms with Gasteiger partial charge in [-0.25, -0.2) is 0 Å². The molecule has 0 aliphatic carbocycles. The highest BCUT2D eigenvalue weighted by Gasteiger charge is 2.16. The number of allylic oxidation sites excluding steroid dienone is 2. The zero-order chi connectivity index (χ0) is 31.1. The summed E-state index contributed by atoms with van der Waals surface area (Å²) in [6, 6.07) is 33.6. The van der Waals surface area contributed by atoms with Crippen LogP contribution in [0.1, 0.15) is 47.2 Å². The first-order valence-electron chi connectivity index (χ1n) is 14.4. The van der Waals surface area contributed by atoms with Gasteiger partial charge in [-0.05, 0) is 99.8 Å². The SMILES string of the molecule is [B]c1cc(-c2cc(/C=C/c3ccccc3)c(/C=C/c3ccccc3)cc2Br)c(Br)cc1-c1cc(/C=C/C)c(/C=C/C)cc1Br. The molecule has 0 aliphatic heterocycles. The number of benzene rings is 5. The van der Waals surface area contributed by atoms with Crippen LogP contribution in [-0.2, 0) is 0 Å². The van der Waals surface area contributed by atoms with Gasteiger partial charge in [-0.1, -0.05) is 169 Å². The second-order valence-electron chi connectivity index (χ2n) is 10.3. The zero-order valence-corrected chi connectivity index (χ0v) is 29.3. The Balaban J connectivity index is 1.61. The van der Waals surface area contributed by atoms with Gasteiger partial charge in [0.25, 0.3) is 0 Å². The lowest BCUT2D eigenvalue weighted by Crippen LogP contribution is -2.08. The average molecular weight is 761 g/mol. The van der Waals surface area contributed by atoms with Gasteiger partial charge >= 0.3 is 0 Å². The molecule has 0 N–H and O–H groups in total. The van der Waals surface area contributed by atoms with Crippen molar-refractivity contribution < 1.29 is 0 Å². The van der Waals surface area contributed by atoms with Crippen LogP contribution in [0, 0.1) is 0 Å². The van der Waals surface area contributed by atoms with E-state index >= 15 is 0 Å². The Hall–Kier alpha value is -3.44. The maximum atomic E-state index is 6.80. The van der Waals surface area contributed by atoms with Crippen LogP contribution in [0.3, 0.4) is 0 Å². The van der Waals surface area contributed by atoms with Crippen molar-refractivity contribution in [1.29, 1.82) is 0 Å². The van der Waals surface area contributed by atoms with Gasteiger partial charge in [0.05, 0.1) is 0 Å². The van der Waals surface area contributed by atoms with Crippen LogP contribution in [0.4, 0.5) is 0 Å². The first kappa shape index (κ1) is 32.0. The second-order valence-corrected chi connectivity index (χ2v) is 12.9. The third-order valence-corrected chi connectivity index (χ3v) is 9.24. The van der Waals surface area contributed by atoms with E-state index in [0.717, 1.165) is 69.1 Å². The minimum absolute atomic E-state index is 0.704. The van der Waals surface area contributed by atoms with Gasteiger partial charge in [0.15, 0.2) is 0 Å². The lowest BCUT2D eigenvalue weighted by atomic mass is 9.83. The highest BCUT2D eigenvalue weighted by atomic mass is 79.9. The van der Waals surface area contributed by atoms with Crippen molar-refractivity contribution in [3.05, 3.63) is 156 Å². The standard InChI is InChI=1S/C40H30BBr3/c1-3-11-29-21-34(38(42)23-30(29)12-4-2)33-26-40(44)36(25-37(33)41)35-22-31(19-17-27-13-7-5-8-14-27)32(24-39(35)43)20-18-28-15-9-6-10-16-28/h3-26H,1-2H3/b11-3+,12-4+,19-17+,20-18+. The Morgan fingerprint density at radius 1 is 0.432 bits per heavy atom. The molecule has 214 valence electrons. The normalized spacial score (nSPS) is 11.9. The van der Waals surface area contributed by atoms with Gasteiger partial charge in [-0.15, -0.1) is 0 Å². The van der Waals surface area contributed by atoms with Gasteiger partial charge in [0.2, 0.25) is 0 Å². The van der Waals surface area contributed by atoms with Crippen LogP contribution in [0.2, 0.25) is 0 Å². The van der Waals surface area contributed by atoms with E-state index in [0.29, 0.717) is 5.46 Å².